The Morgan fingerprint density at radius 2 is 1.70 bits per heavy atom. The minimum absolute atomic E-state index is 0.0173. The van der Waals surface area contributed by atoms with Crippen LogP contribution in [0.3, 0.4) is 0 Å². The van der Waals surface area contributed by atoms with E-state index < -0.39 is 48.1 Å². The van der Waals surface area contributed by atoms with Crippen molar-refractivity contribution in [1.82, 2.24) is 19.7 Å². The molecule has 0 bridgehead atoms. The highest BCUT2D eigenvalue weighted by molar-refractivity contribution is 5.88. The van der Waals surface area contributed by atoms with Crippen molar-refractivity contribution in [2.24, 2.45) is 0 Å². The Hall–Kier alpha value is -3.63. The lowest BCUT2D eigenvalue weighted by Crippen LogP contribution is -2.31. The zero-order valence-corrected chi connectivity index (χ0v) is 15.6. The second kappa shape index (κ2) is 8.80. The number of aromatic nitrogens is 4. The summed E-state index contributed by atoms with van der Waals surface area (Å²) in [5, 5.41) is 6.30. The van der Waals surface area contributed by atoms with Crippen molar-refractivity contribution < 1.29 is 22.4 Å². The number of benzene rings is 1. The maximum atomic E-state index is 13.6. The third-order valence-electron chi connectivity index (χ3n) is 4.06. The van der Waals surface area contributed by atoms with Crippen LogP contribution in [0.25, 0.3) is 11.1 Å². The Balaban J connectivity index is 1.95. The van der Waals surface area contributed by atoms with Crippen LogP contribution in [-0.4, -0.2) is 32.3 Å². The standard InChI is InChI=1S/C19H15F4N5O2/c1-10(6-20)18-15(11-2-12(21)4-13(22)3-11)5-17(30)28(27-18)9-16(29)26-19-24-7-14(23)8-25-19/h2-5,7-8,10H,6,9H2,1H3,(H,24,25,26,29). The molecule has 30 heavy (non-hydrogen) atoms. The summed E-state index contributed by atoms with van der Waals surface area (Å²) in [6.07, 6.45) is 1.70. The molecule has 0 saturated heterocycles. The molecule has 3 aromatic rings. The molecule has 0 aliphatic carbocycles. The van der Waals surface area contributed by atoms with Gasteiger partial charge < -0.3 is 0 Å². The number of rotatable bonds is 6. The van der Waals surface area contributed by atoms with Crippen LogP contribution in [-0.2, 0) is 11.3 Å². The first-order valence-corrected chi connectivity index (χ1v) is 8.68. The molecule has 3 rings (SSSR count). The fourth-order valence-electron chi connectivity index (χ4n) is 2.67. The zero-order valence-electron chi connectivity index (χ0n) is 15.6. The molecule has 0 fully saturated rings. The fraction of sp³-hybridized carbons (Fsp3) is 0.211. The predicted molar refractivity (Wildman–Crippen MR) is 98.9 cm³/mol. The largest absolute Gasteiger partial charge is 0.293 e. The minimum Gasteiger partial charge on any atom is -0.293 e. The van der Waals surface area contributed by atoms with Crippen LogP contribution in [0.4, 0.5) is 23.5 Å². The number of nitrogens with one attached hydrogen (secondary N) is 1. The van der Waals surface area contributed by atoms with Gasteiger partial charge in [0.05, 0.1) is 24.8 Å². The van der Waals surface area contributed by atoms with Crippen LogP contribution in [0.15, 0.2) is 41.5 Å². The average Bonchev–Trinajstić information content (AvgIpc) is 2.69. The first-order valence-electron chi connectivity index (χ1n) is 8.68. The third kappa shape index (κ3) is 4.85. The molecule has 1 unspecified atom stereocenters. The van der Waals surface area contributed by atoms with Gasteiger partial charge >= 0.3 is 0 Å². The van der Waals surface area contributed by atoms with E-state index in [4.69, 9.17) is 0 Å². The molecule has 0 aliphatic rings. The molecule has 1 aromatic carbocycles. The average molecular weight is 421 g/mol. The smallest absolute Gasteiger partial charge is 0.267 e. The molecule has 0 spiro atoms. The minimum atomic E-state index is -0.869. The lowest BCUT2D eigenvalue weighted by Gasteiger charge is -2.15. The molecule has 7 nitrogen and oxygen atoms in total. The lowest BCUT2D eigenvalue weighted by molar-refractivity contribution is -0.117. The summed E-state index contributed by atoms with van der Waals surface area (Å²) in [5.41, 5.74) is -0.627. The molecular formula is C19H15F4N5O2. The Kier molecular flexibility index (Phi) is 6.19. The number of hydrogen-bond acceptors (Lipinski definition) is 5. The quantitative estimate of drug-likeness (QED) is 0.619. The van der Waals surface area contributed by atoms with Crippen LogP contribution in [0.2, 0.25) is 0 Å². The van der Waals surface area contributed by atoms with E-state index in [0.29, 0.717) is 6.07 Å². The van der Waals surface area contributed by atoms with Gasteiger partial charge in [0.25, 0.3) is 5.56 Å². The van der Waals surface area contributed by atoms with E-state index in [9.17, 15) is 27.2 Å². The topological polar surface area (TPSA) is 89.8 Å². The SMILES string of the molecule is CC(CF)c1nn(CC(=O)Nc2ncc(F)cn2)c(=O)cc1-c1cc(F)cc(F)c1. The molecule has 11 heteroatoms. The Bertz CT molecular complexity index is 1110. The Morgan fingerprint density at radius 3 is 2.30 bits per heavy atom. The summed E-state index contributed by atoms with van der Waals surface area (Å²) in [5.74, 6) is -4.17. The molecule has 0 radical (unpaired) electrons. The van der Waals surface area contributed by atoms with Gasteiger partial charge in [-0.15, -0.1) is 0 Å². The first-order chi connectivity index (χ1) is 14.3. The molecule has 156 valence electrons. The summed E-state index contributed by atoms with van der Waals surface area (Å²) in [4.78, 5) is 31.7. The molecule has 0 aliphatic heterocycles. The van der Waals surface area contributed by atoms with Crippen molar-refractivity contribution in [1.29, 1.82) is 0 Å². The maximum Gasteiger partial charge on any atom is 0.267 e. The van der Waals surface area contributed by atoms with Crippen LogP contribution < -0.4 is 10.9 Å². The summed E-state index contributed by atoms with van der Waals surface area (Å²) in [7, 11) is 0. The van der Waals surface area contributed by atoms with E-state index in [1.165, 1.54) is 6.92 Å². The number of carbonyl (C=O) groups is 1. The van der Waals surface area contributed by atoms with E-state index in [2.05, 4.69) is 20.4 Å². The molecule has 2 heterocycles. The van der Waals surface area contributed by atoms with Crippen LogP contribution in [0, 0.1) is 17.5 Å². The van der Waals surface area contributed by atoms with E-state index in [1.54, 1.807) is 0 Å². The van der Waals surface area contributed by atoms with E-state index in [1.807, 2.05) is 0 Å². The summed E-state index contributed by atoms with van der Waals surface area (Å²) in [6.45, 7) is 0.0533. The second-order valence-electron chi connectivity index (χ2n) is 6.43. The van der Waals surface area contributed by atoms with Gasteiger partial charge in [-0.1, -0.05) is 6.92 Å². The molecule has 1 atom stereocenters. The molecule has 0 saturated carbocycles. The number of hydrogen-bond donors (Lipinski definition) is 1. The lowest BCUT2D eigenvalue weighted by atomic mass is 9.98. The van der Waals surface area contributed by atoms with Gasteiger partial charge in [-0.3, -0.25) is 19.3 Å². The van der Waals surface area contributed by atoms with E-state index in [-0.39, 0.29) is 22.8 Å². The van der Waals surface area contributed by atoms with Crippen molar-refractivity contribution in [3.63, 3.8) is 0 Å². The highest BCUT2D eigenvalue weighted by Crippen LogP contribution is 2.28. The summed E-state index contributed by atoms with van der Waals surface area (Å²) in [6, 6.07) is 3.69. The van der Waals surface area contributed by atoms with Gasteiger partial charge in [0, 0.05) is 23.6 Å². The van der Waals surface area contributed by atoms with Gasteiger partial charge in [-0.25, -0.2) is 27.8 Å². The fourth-order valence-corrected chi connectivity index (χ4v) is 2.67. The van der Waals surface area contributed by atoms with Crippen molar-refractivity contribution in [2.45, 2.75) is 19.4 Å². The Labute approximate surface area is 167 Å². The number of carbonyl (C=O) groups excluding carboxylic acids is 1. The van der Waals surface area contributed by atoms with Crippen LogP contribution in [0.1, 0.15) is 18.5 Å². The predicted octanol–water partition coefficient (Wildman–Crippen LogP) is 2.83. The molecular weight excluding hydrogens is 406 g/mol. The zero-order chi connectivity index (χ0) is 21.8. The van der Waals surface area contributed by atoms with Gasteiger partial charge in [-0.2, -0.15) is 5.10 Å². The number of amides is 1. The number of halogens is 4. The van der Waals surface area contributed by atoms with Crippen molar-refractivity contribution in [2.75, 3.05) is 12.0 Å². The molecule has 1 amide bonds. The van der Waals surface area contributed by atoms with Crippen molar-refractivity contribution in [3.8, 4) is 11.1 Å². The maximum absolute atomic E-state index is 13.6. The molecule has 1 N–H and O–H groups in total. The molecule has 2 aromatic heterocycles. The van der Waals surface area contributed by atoms with Gasteiger partial charge in [0.2, 0.25) is 11.9 Å². The number of nitrogens with zero attached hydrogens (tertiary/aromatic N) is 4. The van der Waals surface area contributed by atoms with Gasteiger partial charge in [0.1, 0.15) is 18.2 Å². The monoisotopic (exact) mass is 421 g/mol. The number of alkyl halides is 1. The Morgan fingerprint density at radius 1 is 1.07 bits per heavy atom. The summed E-state index contributed by atoms with van der Waals surface area (Å²) >= 11 is 0. The van der Waals surface area contributed by atoms with Gasteiger partial charge in [-0.05, 0) is 17.7 Å². The van der Waals surface area contributed by atoms with Crippen LogP contribution in [0.5, 0.6) is 0 Å². The van der Waals surface area contributed by atoms with Gasteiger partial charge in [0.15, 0.2) is 5.82 Å². The third-order valence-corrected chi connectivity index (χ3v) is 4.06. The second-order valence-corrected chi connectivity index (χ2v) is 6.43. The summed E-state index contributed by atoms with van der Waals surface area (Å²) < 4.78 is 54.2. The van der Waals surface area contributed by atoms with E-state index >= 15 is 0 Å². The highest BCUT2D eigenvalue weighted by Gasteiger charge is 2.19. The van der Waals surface area contributed by atoms with Crippen molar-refractivity contribution >= 4 is 11.9 Å². The van der Waals surface area contributed by atoms with Crippen molar-refractivity contribution in [3.05, 3.63) is 70.2 Å². The van der Waals surface area contributed by atoms with Crippen LogP contribution >= 0.6 is 0 Å². The highest BCUT2D eigenvalue weighted by atomic mass is 19.1. The van der Waals surface area contributed by atoms with E-state index in [0.717, 1.165) is 35.3 Å². The normalized spacial score (nSPS) is 11.9. The first kappa shape index (κ1) is 21.1. The number of anilines is 1.